The molecule has 1 fully saturated rings. The van der Waals surface area contributed by atoms with E-state index in [2.05, 4.69) is 6.92 Å². The lowest BCUT2D eigenvalue weighted by Crippen LogP contribution is -2.39. The number of nitrogens with two attached hydrogens (primary N) is 2. The van der Waals surface area contributed by atoms with Crippen LogP contribution in [0.2, 0.25) is 0 Å². The molecule has 1 aromatic carbocycles. The Hall–Kier alpha value is -0.910. The molecule has 4 N–H and O–H groups in total. The van der Waals surface area contributed by atoms with Crippen molar-refractivity contribution in [3.63, 3.8) is 0 Å². The molecule has 1 aliphatic carbocycles. The first-order valence-electron chi connectivity index (χ1n) is 6.70. The van der Waals surface area contributed by atoms with Gasteiger partial charge < -0.3 is 11.5 Å². The fourth-order valence-electron chi connectivity index (χ4n) is 2.83. The molecule has 0 radical (unpaired) electrons. The van der Waals surface area contributed by atoms with E-state index >= 15 is 0 Å². The van der Waals surface area contributed by atoms with E-state index in [1.54, 1.807) is 6.92 Å². The Bertz CT molecular complexity index is 553. The normalized spacial score (nSPS) is 30.3. The molecular weight excluding hydrogens is 260 g/mol. The third kappa shape index (κ3) is 2.30. The smallest absolute Gasteiger partial charge is 0.155 e. The summed E-state index contributed by atoms with van der Waals surface area (Å²) in [5.74, 6) is -0.0615. The van der Waals surface area contributed by atoms with Crippen molar-refractivity contribution in [3.05, 3.63) is 35.4 Å². The summed E-state index contributed by atoms with van der Waals surface area (Å²) in [6.45, 7) is 3.93. The highest BCUT2D eigenvalue weighted by Crippen LogP contribution is 2.53. The largest absolute Gasteiger partial charge is 0.329 e. The molecule has 0 heterocycles. The molecule has 0 amide bonds. The van der Waals surface area contributed by atoms with Gasteiger partial charge in [0.1, 0.15) is 0 Å². The molecule has 4 nitrogen and oxygen atoms in total. The molecule has 0 aliphatic heterocycles. The van der Waals surface area contributed by atoms with Gasteiger partial charge in [0, 0.05) is 18.2 Å². The van der Waals surface area contributed by atoms with Gasteiger partial charge in [0.25, 0.3) is 0 Å². The van der Waals surface area contributed by atoms with Crippen molar-refractivity contribution in [2.24, 2.45) is 11.5 Å². The maximum absolute atomic E-state index is 12.1. The van der Waals surface area contributed by atoms with E-state index in [-0.39, 0.29) is 18.2 Å². The lowest BCUT2D eigenvalue weighted by Gasteiger charge is -2.08. The molecule has 0 aromatic heterocycles. The van der Waals surface area contributed by atoms with Crippen molar-refractivity contribution in [1.82, 2.24) is 0 Å². The summed E-state index contributed by atoms with van der Waals surface area (Å²) in [6.07, 6.45) is 0.965. The van der Waals surface area contributed by atoms with Crippen LogP contribution in [0.15, 0.2) is 24.3 Å². The predicted molar refractivity (Wildman–Crippen MR) is 77.8 cm³/mol. The van der Waals surface area contributed by atoms with Crippen LogP contribution in [0.25, 0.3) is 0 Å². The second-order valence-corrected chi connectivity index (χ2v) is 7.67. The van der Waals surface area contributed by atoms with Gasteiger partial charge in [-0.2, -0.15) is 0 Å². The molecule has 0 saturated heterocycles. The molecular formula is C14H22N2O2S. The van der Waals surface area contributed by atoms with Crippen molar-refractivity contribution < 1.29 is 8.42 Å². The van der Waals surface area contributed by atoms with Gasteiger partial charge in [-0.1, -0.05) is 38.1 Å². The minimum atomic E-state index is -3.16. The van der Waals surface area contributed by atoms with Crippen molar-refractivity contribution >= 4 is 9.84 Å². The van der Waals surface area contributed by atoms with Gasteiger partial charge in [0.05, 0.1) is 10.8 Å². The number of rotatable bonds is 5. The van der Waals surface area contributed by atoms with Crippen molar-refractivity contribution in [3.8, 4) is 0 Å². The lowest BCUT2D eigenvalue weighted by molar-refractivity contribution is 0.587. The fourth-order valence-corrected chi connectivity index (χ4v) is 4.85. The van der Waals surface area contributed by atoms with Gasteiger partial charge in [0.15, 0.2) is 9.84 Å². The zero-order valence-electron chi connectivity index (χ0n) is 11.5. The third-order valence-electron chi connectivity index (χ3n) is 4.19. The zero-order valence-corrected chi connectivity index (χ0v) is 12.3. The van der Waals surface area contributed by atoms with Crippen molar-refractivity contribution in [2.45, 2.75) is 37.0 Å². The molecule has 2 rings (SSSR count). The summed E-state index contributed by atoms with van der Waals surface area (Å²) in [6, 6.07) is 8.01. The number of hydrogen-bond acceptors (Lipinski definition) is 4. The maximum Gasteiger partial charge on any atom is 0.155 e. The topological polar surface area (TPSA) is 86.2 Å². The number of benzene rings is 1. The lowest BCUT2D eigenvalue weighted by atomic mass is 10.0. The average Bonchev–Trinajstić information content (AvgIpc) is 3.07. The van der Waals surface area contributed by atoms with Gasteiger partial charge in [-0.05, 0) is 17.5 Å². The van der Waals surface area contributed by atoms with Crippen molar-refractivity contribution in [1.29, 1.82) is 0 Å². The van der Waals surface area contributed by atoms with Crippen LogP contribution in [-0.2, 0) is 16.3 Å². The molecule has 19 heavy (non-hydrogen) atoms. The first-order chi connectivity index (χ1) is 8.90. The van der Waals surface area contributed by atoms with Gasteiger partial charge >= 0.3 is 0 Å². The van der Waals surface area contributed by atoms with Crippen LogP contribution in [0.5, 0.6) is 0 Å². The Morgan fingerprint density at radius 1 is 1.21 bits per heavy atom. The first-order valence-corrected chi connectivity index (χ1v) is 8.41. The molecule has 3 atom stereocenters. The quantitative estimate of drug-likeness (QED) is 0.836. The molecule has 0 spiro atoms. The average molecular weight is 282 g/mol. The Labute approximate surface area is 115 Å². The highest BCUT2D eigenvalue weighted by molar-refractivity contribution is 7.92. The highest BCUT2D eigenvalue weighted by atomic mass is 32.2. The Kier molecular flexibility index (Phi) is 3.73. The van der Waals surface area contributed by atoms with Crippen LogP contribution in [0.3, 0.4) is 0 Å². The van der Waals surface area contributed by atoms with Crippen LogP contribution in [0, 0.1) is 0 Å². The third-order valence-corrected chi connectivity index (χ3v) is 6.48. The van der Waals surface area contributed by atoms with E-state index in [0.29, 0.717) is 0 Å². The van der Waals surface area contributed by atoms with E-state index in [0.717, 1.165) is 12.0 Å². The zero-order chi connectivity index (χ0) is 14.3. The monoisotopic (exact) mass is 282 g/mol. The summed E-state index contributed by atoms with van der Waals surface area (Å²) >= 11 is 0. The Balaban J connectivity index is 2.34. The summed E-state index contributed by atoms with van der Waals surface area (Å²) in [7, 11) is -3.16. The molecule has 0 unspecified atom stereocenters. The standard InChI is InChI=1S/C14H22N2O2S/c1-3-10-5-7-11(8-6-10)12-13(14(12,16)9-15)19(17,18)4-2/h5-8,12-13H,3-4,9,15-16H2,1-2H3/t12-,13-,14-/m1/s1. The van der Waals surface area contributed by atoms with E-state index in [1.165, 1.54) is 5.56 Å². The molecule has 1 aliphatic rings. The maximum atomic E-state index is 12.1. The van der Waals surface area contributed by atoms with Gasteiger partial charge in [-0.3, -0.25) is 0 Å². The van der Waals surface area contributed by atoms with E-state index in [1.807, 2.05) is 24.3 Å². The molecule has 5 heteroatoms. The van der Waals surface area contributed by atoms with Crippen LogP contribution in [0.1, 0.15) is 30.9 Å². The second-order valence-electron chi connectivity index (χ2n) is 5.26. The minimum absolute atomic E-state index is 0.111. The molecule has 0 bridgehead atoms. The number of aryl methyl sites for hydroxylation is 1. The summed E-state index contributed by atoms with van der Waals surface area (Å²) in [5.41, 5.74) is 13.3. The van der Waals surface area contributed by atoms with E-state index < -0.39 is 20.6 Å². The summed E-state index contributed by atoms with van der Waals surface area (Å²) in [5, 5.41) is -0.539. The van der Waals surface area contributed by atoms with Gasteiger partial charge in [-0.25, -0.2) is 8.42 Å². The molecule has 106 valence electrons. The number of sulfone groups is 1. The van der Waals surface area contributed by atoms with Crippen molar-refractivity contribution in [2.75, 3.05) is 12.3 Å². The van der Waals surface area contributed by atoms with E-state index in [4.69, 9.17) is 11.5 Å². The molecule has 1 aromatic rings. The SMILES string of the molecule is CCc1ccc([C@@H]2[C@@H](S(=O)(=O)CC)[C@@]2(N)CN)cc1. The minimum Gasteiger partial charge on any atom is -0.329 e. The van der Waals surface area contributed by atoms with E-state index in [9.17, 15) is 8.42 Å². The van der Waals surface area contributed by atoms with Crippen LogP contribution >= 0.6 is 0 Å². The van der Waals surface area contributed by atoms with Crippen LogP contribution in [0.4, 0.5) is 0 Å². The van der Waals surface area contributed by atoms with Crippen LogP contribution < -0.4 is 11.5 Å². The first kappa shape index (κ1) is 14.5. The summed E-state index contributed by atoms with van der Waals surface area (Å²) < 4.78 is 24.2. The van der Waals surface area contributed by atoms with Gasteiger partial charge in [-0.15, -0.1) is 0 Å². The van der Waals surface area contributed by atoms with Gasteiger partial charge in [0.2, 0.25) is 0 Å². The molecule has 1 saturated carbocycles. The fraction of sp³-hybridized carbons (Fsp3) is 0.571. The Morgan fingerprint density at radius 2 is 1.79 bits per heavy atom. The second kappa shape index (κ2) is 4.89. The van der Waals surface area contributed by atoms with Crippen LogP contribution in [-0.4, -0.2) is 31.5 Å². The highest BCUT2D eigenvalue weighted by Gasteiger charge is 2.67. The Morgan fingerprint density at radius 3 is 2.21 bits per heavy atom. The summed E-state index contributed by atoms with van der Waals surface area (Å²) in [4.78, 5) is 0. The predicted octanol–water partition coefficient (Wildman–Crippen LogP) is 0.806. The number of hydrogen-bond donors (Lipinski definition) is 2.